The van der Waals surface area contributed by atoms with Crippen LogP contribution in [-0.2, 0) is 0 Å². The van der Waals surface area contributed by atoms with Gasteiger partial charge in [-0.2, -0.15) is 0 Å². The van der Waals surface area contributed by atoms with Crippen LogP contribution in [0.2, 0.25) is 0 Å². The summed E-state index contributed by atoms with van der Waals surface area (Å²) in [6.07, 6.45) is 1.75. The van der Waals surface area contributed by atoms with Gasteiger partial charge in [-0.1, -0.05) is 0 Å². The van der Waals surface area contributed by atoms with Gasteiger partial charge in [-0.15, -0.1) is 0 Å². The predicted octanol–water partition coefficient (Wildman–Crippen LogP) is 2.15. The topological polar surface area (TPSA) is 25.8 Å². The molecule has 1 aromatic rings. The molecule has 0 atom stereocenters. The summed E-state index contributed by atoms with van der Waals surface area (Å²) in [6, 6.07) is 0. The molecular weight excluding hydrogens is 295 g/mol. The maximum absolute atomic E-state index is 4.10. The summed E-state index contributed by atoms with van der Waals surface area (Å²) in [5.41, 5.74) is 0. The lowest BCUT2D eigenvalue weighted by molar-refractivity contribution is 1.02. The second-order valence-electron chi connectivity index (χ2n) is 1.56. The number of nitrogens with zero attached hydrogens (tertiary/aromatic N) is 2. The molecule has 0 spiro atoms. The third kappa shape index (κ3) is 1.86. The van der Waals surface area contributed by atoms with E-state index in [0.717, 1.165) is 14.0 Å². The highest BCUT2D eigenvalue weighted by atomic mass is 127. The van der Waals surface area contributed by atoms with Gasteiger partial charge in [-0.3, -0.25) is 0 Å². The van der Waals surface area contributed by atoms with Crippen molar-refractivity contribution in [1.29, 1.82) is 0 Å². The first-order valence-electron chi connectivity index (χ1n) is 2.35. The molecule has 0 aliphatic rings. The fourth-order valence-corrected chi connectivity index (χ4v) is 1.11. The summed E-state index contributed by atoms with van der Waals surface area (Å²) in [7, 11) is 0. The first-order chi connectivity index (χ1) is 4.20. The van der Waals surface area contributed by atoms with E-state index in [4.69, 9.17) is 0 Å². The first kappa shape index (κ1) is 7.40. The largest absolute Gasteiger partial charge is 0.240 e. The Balaban J connectivity index is 3.17. The minimum Gasteiger partial charge on any atom is -0.240 e. The zero-order valence-corrected chi connectivity index (χ0v) is 8.47. The van der Waals surface area contributed by atoms with Crippen molar-refractivity contribution in [2.24, 2.45) is 0 Å². The summed E-state index contributed by atoms with van der Waals surface area (Å²) in [6.45, 7) is 1.87. The second kappa shape index (κ2) is 2.92. The summed E-state index contributed by atoms with van der Waals surface area (Å²) in [5.74, 6) is 0.808. The van der Waals surface area contributed by atoms with Crippen LogP contribution < -0.4 is 0 Å². The highest BCUT2D eigenvalue weighted by Gasteiger charge is 1.95. The number of rotatable bonds is 0. The molecule has 0 saturated carbocycles. The predicted molar refractivity (Wildman–Crippen MR) is 47.2 cm³/mol. The fraction of sp³-hybridized carbons (Fsp3) is 0.200. The summed E-state index contributed by atoms with van der Waals surface area (Å²) in [4.78, 5) is 8.08. The van der Waals surface area contributed by atoms with E-state index < -0.39 is 0 Å². The van der Waals surface area contributed by atoms with E-state index in [1.54, 1.807) is 6.20 Å². The summed E-state index contributed by atoms with van der Waals surface area (Å²) in [5, 5.41) is 0. The Bertz CT molecular complexity index is 226. The number of hydrogen-bond acceptors (Lipinski definition) is 2. The lowest BCUT2D eigenvalue weighted by atomic mass is 10.6. The molecule has 0 radical (unpaired) electrons. The number of aryl methyl sites for hydroxylation is 1. The molecule has 0 bridgehead atoms. The summed E-state index contributed by atoms with van der Waals surface area (Å²) < 4.78 is 1.91. The average Bonchev–Trinajstić information content (AvgIpc) is 1.80. The van der Waals surface area contributed by atoms with E-state index in [-0.39, 0.29) is 0 Å². The average molecular weight is 299 g/mol. The summed E-state index contributed by atoms with van der Waals surface area (Å²) >= 11 is 5.45. The monoisotopic (exact) mass is 298 g/mol. The highest BCUT2D eigenvalue weighted by molar-refractivity contribution is 14.1. The SMILES string of the molecule is Cc1ncc(Br)c(I)n1. The van der Waals surface area contributed by atoms with Crippen molar-refractivity contribution in [1.82, 2.24) is 9.97 Å². The van der Waals surface area contributed by atoms with Crippen LogP contribution in [0.5, 0.6) is 0 Å². The highest BCUT2D eigenvalue weighted by Crippen LogP contribution is 2.14. The lowest BCUT2D eigenvalue weighted by Gasteiger charge is -1.93. The Hall–Kier alpha value is 0.290. The molecular formula is C5H4BrIN2. The zero-order valence-electron chi connectivity index (χ0n) is 4.73. The molecule has 0 unspecified atom stereocenters. The molecule has 1 heterocycles. The van der Waals surface area contributed by atoms with Crippen molar-refractivity contribution < 1.29 is 0 Å². The van der Waals surface area contributed by atoms with E-state index in [2.05, 4.69) is 48.5 Å². The third-order valence-corrected chi connectivity index (χ3v) is 2.97. The number of hydrogen-bond donors (Lipinski definition) is 0. The standard InChI is InChI=1S/C5H4BrIN2/c1-3-8-2-4(6)5(7)9-3/h2H,1H3. The second-order valence-corrected chi connectivity index (χ2v) is 3.43. The molecule has 48 valence electrons. The van der Waals surface area contributed by atoms with Crippen LogP contribution in [-0.4, -0.2) is 9.97 Å². The third-order valence-electron chi connectivity index (χ3n) is 0.822. The van der Waals surface area contributed by atoms with E-state index in [9.17, 15) is 0 Å². The van der Waals surface area contributed by atoms with E-state index in [1.807, 2.05) is 6.92 Å². The number of halogens is 2. The van der Waals surface area contributed by atoms with Crippen molar-refractivity contribution in [2.45, 2.75) is 6.92 Å². The van der Waals surface area contributed by atoms with Gasteiger partial charge in [0, 0.05) is 6.20 Å². The maximum Gasteiger partial charge on any atom is 0.126 e. The minimum absolute atomic E-state index is 0.808. The molecule has 0 saturated heterocycles. The molecule has 1 rings (SSSR count). The molecule has 0 aliphatic heterocycles. The molecule has 0 fully saturated rings. The quantitative estimate of drug-likeness (QED) is 0.542. The van der Waals surface area contributed by atoms with Crippen molar-refractivity contribution in [3.63, 3.8) is 0 Å². The van der Waals surface area contributed by atoms with Crippen LogP contribution in [0.15, 0.2) is 10.7 Å². The van der Waals surface area contributed by atoms with Crippen LogP contribution in [0, 0.1) is 10.6 Å². The van der Waals surface area contributed by atoms with Crippen LogP contribution in [0.1, 0.15) is 5.82 Å². The van der Waals surface area contributed by atoms with Gasteiger partial charge in [0.15, 0.2) is 0 Å². The van der Waals surface area contributed by atoms with Crippen molar-refractivity contribution in [3.05, 3.63) is 20.2 Å². The van der Waals surface area contributed by atoms with Gasteiger partial charge in [0.05, 0.1) is 4.47 Å². The van der Waals surface area contributed by atoms with E-state index in [1.165, 1.54) is 0 Å². The Morgan fingerprint density at radius 2 is 2.33 bits per heavy atom. The van der Waals surface area contributed by atoms with Crippen molar-refractivity contribution in [2.75, 3.05) is 0 Å². The Labute approximate surface area is 75.4 Å². The smallest absolute Gasteiger partial charge is 0.126 e. The van der Waals surface area contributed by atoms with Crippen LogP contribution in [0.3, 0.4) is 0 Å². The molecule has 2 nitrogen and oxygen atoms in total. The molecule has 0 aliphatic carbocycles. The van der Waals surface area contributed by atoms with E-state index >= 15 is 0 Å². The number of aromatic nitrogens is 2. The van der Waals surface area contributed by atoms with Gasteiger partial charge >= 0.3 is 0 Å². The maximum atomic E-state index is 4.10. The first-order valence-corrected chi connectivity index (χ1v) is 4.22. The van der Waals surface area contributed by atoms with Gasteiger partial charge in [-0.05, 0) is 45.4 Å². The Morgan fingerprint density at radius 1 is 1.67 bits per heavy atom. The van der Waals surface area contributed by atoms with Gasteiger partial charge in [0.2, 0.25) is 0 Å². The van der Waals surface area contributed by atoms with Gasteiger partial charge in [-0.25, -0.2) is 9.97 Å². The zero-order chi connectivity index (χ0) is 6.85. The Morgan fingerprint density at radius 3 is 2.78 bits per heavy atom. The van der Waals surface area contributed by atoms with Crippen LogP contribution >= 0.6 is 38.5 Å². The molecule has 1 aromatic heterocycles. The van der Waals surface area contributed by atoms with Gasteiger partial charge in [0.25, 0.3) is 0 Å². The molecule has 0 amide bonds. The van der Waals surface area contributed by atoms with Crippen molar-refractivity contribution >= 4 is 38.5 Å². The minimum atomic E-state index is 0.808. The van der Waals surface area contributed by atoms with Gasteiger partial charge in [0.1, 0.15) is 9.53 Å². The van der Waals surface area contributed by atoms with Gasteiger partial charge < -0.3 is 0 Å². The van der Waals surface area contributed by atoms with Crippen LogP contribution in [0.4, 0.5) is 0 Å². The Kier molecular flexibility index (Phi) is 2.40. The molecule has 9 heavy (non-hydrogen) atoms. The molecule has 4 heteroatoms. The molecule has 0 aromatic carbocycles. The van der Waals surface area contributed by atoms with Crippen molar-refractivity contribution in [3.8, 4) is 0 Å². The normalized spacial score (nSPS) is 9.67. The van der Waals surface area contributed by atoms with E-state index in [0.29, 0.717) is 0 Å². The fourth-order valence-electron chi connectivity index (χ4n) is 0.428. The lowest BCUT2D eigenvalue weighted by Crippen LogP contribution is -1.89. The molecule has 0 N–H and O–H groups in total. The van der Waals surface area contributed by atoms with Crippen LogP contribution in [0.25, 0.3) is 0 Å².